The third-order valence-electron chi connectivity index (χ3n) is 4.51. The van der Waals surface area contributed by atoms with Crippen molar-refractivity contribution in [2.24, 2.45) is 7.05 Å². The molecule has 1 N–H and O–H groups in total. The average molecular weight is 375 g/mol. The topological polar surface area (TPSA) is 76.2 Å². The van der Waals surface area contributed by atoms with Gasteiger partial charge in [0.15, 0.2) is 16.3 Å². The largest absolute Gasteiger partial charge is 0.396 e. The van der Waals surface area contributed by atoms with Crippen molar-refractivity contribution in [2.75, 3.05) is 30.3 Å². The second-order valence-corrected chi connectivity index (χ2v) is 7.39. The number of piperidine rings is 1. The number of hydrogen-bond acceptors (Lipinski definition) is 6. The first-order valence-electron chi connectivity index (χ1n) is 9.03. The SMILES string of the molecule is CC#CCn1c(N2CCCCC2)nc2nc(SCCCO)n(C)c(=O)c21. The zero-order valence-corrected chi connectivity index (χ0v) is 16.2. The highest BCUT2D eigenvalue weighted by Gasteiger charge is 2.23. The van der Waals surface area contributed by atoms with Gasteiger partial charge in [-0.05, 0) is 32.6 Å². The van der Waals surface area contributed by atoms with Crippen molar-refractivity contribution in [2.45, 2.75) is 44.3 Å². The number of nitrogens with zero attached hydrogens (tertiary/aromatic N) is 5. The Bertz CT molecular complexity index is 887. The van der Waals surface area contributed by atoms with E-state index < -0.39 is 0 Å². The van der Waals surface area contributed by atoms with Gasteiger partial charge in [-0.3, -0.25) is 13.9 Å². The predicted molar refractivity (Wildman–Crippen MR) is 105 cm³/mol. The number of imidazole rings is 1. The molecule has 0 aromatic carbocycles. The van der Waals surface area contributed by atoms with E-state index in [4.69, 9.17) is 10.1 Å². The van der Waals surface area contributed by atoms with E-state index in [1.54, 1.807) is 18.5 Å². The van der Waals surface area contributed by atoms with Crippen LogP contribution in [0, 0.1) is 11.8 Å². The molecule has 1 saturated heterocycles. The van der Waals surface area contributed by atoms with Crippen LogP contribution in [-0.4, -0.2) is 49.7 Å². The molecule has 0 amide bonds. The molecule has 0 spiro atoms. The van der Waals surface area contributed by atoms with Gasteiger partial charge in [0.2, 0.25) is 5.95 Å². The van der Waals surface area contributed by atoms with Crippen molar-refractivity contribution in [1.82, 2.24) is 19.1 Å². The van der Waals surface area contributed by atoms with Gasteiger partial charge in [-0.2, -0.15) is 4.98 Å². The number of rotatable bonds is 6. The highest BCUT2D eigenvalue weighted by molar-refractivity contribution is 7.99. The maximum atomic E-state index is 13.0. The first-order chi connectivity index (χ1) is 12.7. The molecule has 26 heavy (non-hydrogen) atoms. The van der Waals surface area contributed by atoms with Gasteiger partial charge in [0.05, 0.1) is 6.54 Å². The van der Waals surface area contributed by atoms with Crippen LogP contribution in [0.25, 0.3) is 11.2 Å². The fourth-order valence-corrected chi connectivity index (χ4v) is 4.01. The normalized spacial score (nSPS) is 14.5. The van der Waals surface area contributed by atoms with E-state index in [0.717, 1.165) is 31.9 Å². The maximum absolute atomic E-state index is 13.0. The monoisotopic (exact) mass is 375 g/mol. The van der Waals surface area contributed by atoms with Crippen molar-refractivity contribution in [3.8, 4) is 11.8 Å². The Kier molecular flexibility index (Phi) is 6.22. The average Bonchev–Trinajstić information content (AvgIpc) is 3.03. The van der Waals surface area contributed by atoms with Crippen LogP contribution in [-0.2, 0) is 13.6 Å². The molecule has 0 atom stereocenters. The highest BCUT2D eigenvalue weighted by atomic mass is 32.2. The van der Waals surface area contributed by atoms with Crippen molar-refractivity contribution in [1.29, 1.82) is 0 Å². The molecule has 8 heteroatoms. The summed E-state index contributed by atoms with van der Waals surface area (Å²) in [6.45, 7) is 4.26. The van der Waals surface area contributed by atoms with Crippen LogP contribution in [0.5, 0.6) is 0 Å². The van der Waals surface area contributed by atoms with Gasteiger partial charge in [0.1, 0.15) is 0 Å². The third kappa shape index (κ3) is 3.74. The molecular formula is C18H25N5O2S. The van der Waals surface area contributed by atoms with Crippen LogP contribution in [0.4, 0.5) is 5.95 Å². The van der Waals surface area contributed by atoms with Gasteiger partial charge in [-0.15, -0.1) is 5.92 Å². The van der Waals surface area contributed by atoms with Gasteiger partial charge in [0.25, 0.3) is 5.56 Å². The molecule has 140 valence electrons. The van der Waals surface area contributed by atoms with Gasteiger partial charge in [-0.1, -0.05) is 17.7 Å². The summed E-state index contributed by atoms with van der Waals surface area (Å²) in [5.41, 5.74) is 0.899. The Morgan fingerprint density at radius 3 is 2.69 bits per heavy atom. The van der Waals surface area contributed by atoms with E-state index in [9.17, 15) is 4.79 Å². The molecular weight excluding hydrogens is 350 g/mol. The quantitative estimate of drug-likeness (QED) is 0.358. The molecule has 1 aliphatic heterocycles. The van der Waals surface area contributed by atoms with Crippen molar-refractivity contribution in [3.05, 3.63) is 10.4 Å². The minimum Gasteiger partial charge on any atom is -0.396 e. The summed E-state index contributed by atoms with van der Waals surface area (Å²) in [5.74, 6) is 7.48. The highest BCUT2D eigenvalue weighted by Crippen LogP contribution is 2.24. The summed E-state index contributed by atoms with van der Waals surface area (Å²) in [7, 11) is 1.74. The number of anilines is 1. The van der Waals surface area contributed by atoms with Crippen LogP contribution in [0.2, 0.25) is 0 Å². The second kappa shape index (κ2) is 8.60. The lowest BCUT2D eigenvalue weighted by molar-refractivity contribution is 0.296. The molecule has 2 aromatic rings. The van der Waals surface area contributed by atoms with Crippen LogP contribution >= 0.6 is 11.8 Å². The minimum absolute atomic E-state index is 0.102. The molecule has 0 unspecified atom stereocenters. The molecule has 0 aliphatic carbocycles. The number of hydrogen-bond donors (Lipinski definition) is 1. The summed E-state index contributed by atoms with van der Waals surface area (Å²) in [6, 6.07) is 0. The number of aromatic nitrogens is 4. The standard InChI is InChI=1S/C18H25N5O2S/c1-3-4-11-23-14-15(19-17(23)22-9-6-5-7-10-22)20-18(21(2)16(14)25)26-13-8-12-24/h24H,5-13H2,1-2H3. The number of aliphatic hydroxyl groups is 1. The fourth-order valence-electron chi connectivity index (χ4n) is 3.13. The summed E-state index contributed by atoms with van der Waals surface area (Å²) in [5, 5.41) is 9.60. The Hall–Kier alpha value is -1.98. The van der Waals surface area contributed by atoms with Crippen molar-refractivity contribution >= 4 is 28.9 Å². The first-order valence-corrected chi connectivity index (χ1v) is 10.0. The predicted octanol–water partition coefficient (Wildman–Crippen LogP) is 1.62. The molecule has 0 saturated carbocycles. The Labute approximate surface area is 157 Å². The fraction of sp³-hybridized carbons (Fsp3) is 0.611. The number of aliphatic hydroxyl groups excluding tert-OH is 1. The molecule has 2 aromatic heterocycles. The smallest absolute Gasteiger partial charge is 0.280 e. The molecule has 1 aliphatic rings. The molecule has 0 radical (unpaired) electrons. The van der Waals surface area contributed by atoms with Crippen molar-refractivity contribution in [3.63, 3.8) is 0 Å². The van der Waals surface area contributed by atoms with Gasteiger partial charge in [0, 0.05) is 32.5 Å². The lowest BCUT2D eigenvalue weighted by Gasteiger charge is -2.27. The molecule has 7 nitrogen and oxygen atoms in total. The van der Waals surface area contributed by atoms with Gasteiger partial charge < -0.3 is 10.0 Å². The Morgan fingerprint density at radius 1 is 1.23 bits per heavy atom. The number of fused-ring (bicyclic) bond motifs is 1. The molecule has 3 heterocycles. The van der Waals surface area contributed by atoms with Crippen LogP contribution in [0.1, 0.15) is 32.6 Å². The van der Waals surface area contributed by atoms with Crippen LogP contribution in [0.15, 0.2) is 9.95 Å². The minimum atomic E-state index is -0.102. The lowest BCUT2D eigenvalue weighted by Crippen LogP contribution is -2.32. The number of thioether (sulfide) groups is 1. The Balaban J connectivity index is 2.09. The van der Waals surface area contributed by atoms with E-state index in [-0.39, 0.29) is 12.2 Å². The van der Waals surface area contributed by atoms with E-state index in [1.165, 1.54) is 18.2 Å². The zero-order valence-electron chi connectivity index (χ0n) is 15.4. The molecule has 3 rings (SSSR count). The Morgan fingerprint density at radius 2 is 2.00 bits per heavy atom. The van der Waals surface area contributed by atoms with E-state index in [2.05, 4.69) is 21.7 Å². The van der Waals surface area contributed by atoms with Crippen LogP contribution in [0.3, 0.4) is 0 Å². The molecule has 1 fully saturated rings. The van der Waals surface area contributed by atoms with E-state index in [1.807, 2.05) is 4.57 Å². The van der Waals surface area contributed by atoms with E-state index in [0.29, 0.717) is 35.0 Å². The first kappa shape index (κ1) is 18.8. The van der Waals surface area contributed by atoms with Gasteiger partial charge >= 0.3 is 0 Å². The van der Waals surface area contributed by atoms with E-state index >= 15 is 0 Å². The summed E-state index contributed by atoms with van der Waals surface area (Å²) < 4.78 is 3.48. The third-order valence-corrected chi connectivity index (χ3v) is 5.63. The molecule has 0 bridgehead atoms. The summed E-state index contributed by atoms with van der Waals surface area (Å²) in [6.07, 6.45) is 4.17. The maximum Gasteiger partial charge on any atom is 0.280 e. The summed E-state index contributed by atoms with van der Waals surface area (Å²) in [4.78, 5) is 24.6. The zero-order chi connectivity index (χ0) is 18.5. The lowest BCUT2D eigenvalue weighted by atomic mass is 10.1. The van der Waals surface area contributed by atoms with Crippen LogP contribution < -0.4 is 10.5 Å². The second-order valence-electron chi connectivity index (χ2n) is 6.33. The van der Waals surface area contributed by atoms with Crippen molar-refractivity contribution < 1.29 is 5.11 Å². The summed E-state index contributed by atoms with van der Waals surface area (Å²) >= 11 is 1.47. The van der Waals surface area contributed by atoms with Gasteiger partial charge in [-0.25, -0.2) is 4.98 Å².